The molecular weight excluding hydrogens is 276 g/mol. The van der Waals surface area contributed by atoms with Gasteiger partial charge < -0.3 is 19.5 Å². The van der Waals surface area contributed by atoms with Crippen LogP contribution in [0.5, 0.6) is 5.75 Å². The molecule has 1 aromatic carbocycles. The van der Waals surface area contributed by atoms with Crippen molar-refractivity contribution >= 4 is 11.4 Å². The quantitative estimate of drug-likeness (QED) is 0.384. The molecule has 7 nitrogen and oxygen atoms in total. The molecule has 0 spiro atoms. The van der Waals surface area contributed by atoms with Crippen LogP contribution in [-0.4, -0.2) is 45.0 Å². The Morgan fingerprint density at radius 3 is 2.71 bits per heavy atom. The van der Waals surface area contributed by atoms with E-state index in [0.29, 0.717) is 44.4 Å². The second-order valence-corrected chi connectivity index (χ2v) is 4.29. The Balaban J connectivity index is 2.44. The summed E-state index contributed by atoms with van der Waals surface area (Å²) in [7, 11) is 1.63. The largest absolute Gasteiger partial charge is 0.494 e. The number of rotatable bonds is 11. The van der Waals surface area contributed by atoms with Gasteiger partial charge in [0.05, 0.1) is 30.8 Å². The molecule has 0 unspecified atom stereocenters. The normalized spacial score (nSPS) is 10.4. The van der Waals surface area contributed by atoms with Crippen molar-refractivity contribution in [2.24, 2.45) is 0 Å². The van der Waals surface area contributed by atoms with Crippen molar-refractivity contribution < 1.29 is 19.1 Å². The fourth-order valence-electron chi connectivity index (χ4n) is 1.69. The topological polar surface area (TPSA) is 82.9 Å². The first kappa shape index (κ1) is 17.2. The maximum atomic E-state index is 10.9. The number of non-ortho nitro benzene ring substituents is 1. The number of nitrogens with one attached hydrogen (secondary N) is 1. The van der Waals surface area contributed by atoms with Crippen LogP contribution in [0.4, 0.5) is 11.4 Å². The molecule has 0 radical (unpaired) electrons. The third-order valence-corrected chi connectivity index (χ3v) is 2.64. The molecule has 0 heterocycles. The lowest BCUT2D eigenvalue weighted by molar-refractivity contribution is -0.384. The molecular formula is C14H22N2O5. The fraction of sp³-hybridized carbons (Fsp3) is 0.571. The van der Waals surface area contributed by atoms with Gasteiger partial charge >= 0.3 is 0 Å². The minimum absolute atomic E-state index is 0.0137. The number of hydrogen-bond donors (Lipinski definition) is 1. The van der Waals surface area contributed by atoms with Gasteiger partial charge in [0, 0.05) is 38.1 Å². The van der Waals surface area contributed by atoms with E-state index in [-0.39, 0.29) is 5.69 Å². The highest BCUT2D eigenvalue weighted by Gasteiger charge is 2.10. The van der Waals surface area contributed by atoms with Crippen LogP contribution in [-0.2, 0) is 9.47 Å². The van der Waals surface area contributed by atoms with E-state index in [1.165, 1.54) is 12.1 Å². The molecule has 1 rings (SSSR count). The van der Waals surface area contributed by atoms with E-state index >= 15 is 0 Å². The highest BCUT2D eigenvalue weighted by molar-refractivity contribution is 5.56. The second kappa shape index (κ2) is 9.95. The van der Waals surface area contributed by atoms with Crippen molar-refractivity contribution in [3.8, 4) is 5.75 Å². The van der Waals surface area contributed by atoms with Crippen LogP contribution < -0.4 is 10.1 Å². The Hall–Kier alpha value is -1.86. The van der Waals surface area contributed by atoms with Crippen molar-refractivity contribution in [1.82, 2.24) is 0 Å². The number of methoxy groups -OCH3 is 1. The zero-order valence-electron chi connectivity index (χ0n) is 12.5. The fourth-order valence-corrected chi connectivity index (χ4v) is 1.69. The summed E-state index contributed by atoms with van der Waals surface area (Å²) in [5, 5.41) is 14.0. The van der Waals surface area contributed by atoms with Crippen LogP contribution in [0.2, 0.25) is 0 Å². The molecule has 0 bridgehead atoms. The van der Waals surface area contributed by atoms with Gasteiger partial charge in [-0.1, -0.05) is 0 Å². The first-order valence-electron chi connectivity index (χ1n) is 6.90. The SMILES string of the molecule is CCOc1cc(NCCCOCCOC)cc([N+](=O)[O-])c1. The first-order chi connectivity index (χ1) is 10.2. The molecule has 21 heavy (non-hydrogen) atoms. The summed E-state index contributed by atoms with van der Waals surface area (Å²) in [5.41, 5.74) is 0.685. The van der Waals surface area contributed by atoms with E-state index in [2.05, 4.69) is 5.32 Å². The minimum atomic E-state index is -0.429. The van der Waals surface area contributed by atoms with Gasteiger partial charge in [-0.3, -0.25) is 10.1 Å². The Morgan fingerprint density at radius 1 is 1.24 bits per heavy atom. The molecule has 0 saturated carbocycles. The van der Waals surface area contributed by atoms with Gasteiger partial charge in [-0.05, 0) is 13.3 Å². The predicted molar refractivity (Wildman–Crippen MR) is 80.1 cm³/mol. The minimum Gasteiger partial charge on any atom is -0.494 e. The molecule has 0 amide bonds. The van der Waals surface area contributed by atoms with Crippen molar-refractivity contribution in [2.45, 2.75) is 13.3 Å². The highest BCUT2D eigenvalue weighted by atomic mass is 16.6. The van der Waals surface area contributed by atoms with Crippen molar-refractivity contribution in [3.05, 3.63) is 28.3 Å². The second-order valence-electron chi connectivity index (χ2n) is 4.29. The number of anilines is 1. The van der Waals surface area contributed by atoms with Gasteiger partial charge in [-0.15, -0.1) is 0 Å². The number of nitro groups is 1. The first-order valence-corrected chi connectivity index (χ1v) is 6.90. The van der Waals surface area contributed by atoms with Crippen molar-refractivity contribution in [1.29, 1.82) is 0 Å². The van der Waals surface area contributed by atoms with Crippen LogP contribution in [0.3, 0.4) is 0 Å². The Labute approximate surface area is 124 Å². The summed E-state index contributed by atoms with van der Waals surface area (Å²) < 4.78 is 15.5. The van der Waals surface area contributed by atoms with E-state index in [4.69, 9.17) is 14.2 Å². The van der Waals surface area contributed by atoms with Crippen molar-refractivity contribution in [2.75, 3.05) is 45.4 Å². The lowest BCUT2D eigenvalue weighted by Gasteiger charge is -2.09. The Bertz CT molecular complexity index is 439. The average molecular weight is 298 g/mol. The van der Waals surface area contributed by atoms with Crippen LogP contribution in [0.1, 0.15) is 13.3 Å². The summed E-state index contributed by atoms with van der Waals surface area (Å²) in [6, 6.07) is 4.67. The van der Waals surface area contributed by atoms with E-state index in [9.17, 15) is 10.1 Å². The molecule has 0 aromatic heterocycles. The third-order valence-electron chi connectivity index (χ3n) is 2.64. The zero-order chi connectivity index (χ0) is 15.5. The van der Waals surface area contributed by atoms with Gasteiger partial charge in [0.1, 0.15) is 5.75 Å². The average Bonchev–Trinajstić information content (AvgIpc) is 2.46. The van der Waals surface area contributed by atoms with Crippen LogP contribution in [0.15, 0.2) is 18.2 Å². The number of hydrogen-bond acceptors (Lipinski definition) is 6. The molecule has 118 valence electrons. The smallest absolute Gasteiger partial charge is 0.275 e. The molecule has 0 saturated heterocycles. The molecule has 0 aliphatic rings. The summed E-state index contributed by atoms with van der Waals surface area (Å²) in [6.45, 7) is 4.73. The van der Waals surface area contributed by atoms with E-state index in [0.717, 1.165) is 6.42 Å². The molecule has 0 aliphatic carbocycles. The molecule has 0 fully saturated rings. The lowest BCUT2D eigenvalue weighted by Crippen LogP contribution is -2.08. The maximum absolute atomic E-state index is 10.9. The van der Waals surface area contributed by atoms with E-state index in [1.54, 1.807) is 13.2 Å². The van der Waals surface area contributed by atoms with Crippen LogP contribution >= 0.6 is 0 Å². The molecule has 0 atom stereocenters. The number of ether oxygens (including phenoxy) is 3. The number of nitrogens with zero attached hydrogens (tertiary/aromatic N) is 1. The van der Waals surface area contributed by atoms with Crippen molar-refractivity contribution in [3.63, 3.8) is 0 Å². The molecule has 1 N–H and O–H groups in total. The number of nitro benzene ring substituents is 1. The molecule has 0 aliphatic heterocycles. The summed E-state index contributed by atoms with van der Waals surface area (Å²) in [6.07, 6.45) is 0.802. The van der Waals surface area contributed by atoms with Gasteiger partial charge in [0.15, 0.2) is 0 Å². The Kier molecular flexibility index (Phi) is 8.15. The summed E-state index contributed by atoms with van der Waals surface area (Å²) in [5.74, 6) is 0.491. The summed E-state index contributed by atoms with van der Waals surface area (Å²) in [4.78, 5) is 10.4. The van der Waals surface area contributed by atoms with Crippen LogP contribution in [0, 0.1) is 10.1 Å². The lowest BCUT2D eigenvalue weighted by atomic mass is 10.2. The highest BCUT2D eigenvalue weighted by Crippen LogP contribution is 2.26. The molecule has 7 heteroatoms. The van der Waals surface area contributed by atoms with Gasteiger partial charge in [-0.25, -0.2) is 0 Å². The van der Waals surface area contributed by atoms with Gasteiger partial charge in [0.2, 0.25) is 0 Å². The van der Waals surface area contributed by atoms with E-state index < -0.39 is 4.92 Å². The maximum Gasteiger partial charge on any atom is 0.275 e. The molecule has 1 aromatic rings. The zero-order valence-corrected chi connectivity index (χ0v) is 12.5. The van der Waals surface area contributed by atoms with Gasteiger partial charge in [0.25, 0.3) is 5.69 Å². The predicted octanol–water partition coefficient (Wildman–Crippen LogP) is 2.46. The Morgan fingerprint density at radius 2 is 2.05 bits per heavy atom. The summed E-state index contributed by atoms with van der Waals surface area (Å²) >= 11 is 0. The van der Waals surface area contributed by atoms with E-state index in [1.807, 2.05) is 6.92 Å². The number of benzene rings is 1. The van der Waals surface area contributed by atoms with Gasteiger partial charge in [-0.2, -0.15) is 0 Å². The third kappa shape index (κ3) is 6.92. The monoisotopic (exact) mass is 298 g/mol. The van der Waals surface area contributed by atoms with Crippen LogP contribution in [0.25, 0.3) is 0 Å². The standard InChI is InChI=1S/C14H22N2O5/c1-3-21-14-10-12(9-13(11-14)16(17)18)15-5-4-6-20-8-7-19-2/h9-11,15H,3-8H2,1-2H3.